The Balaban J connectivity index is 2.56. The molecule has 0 aromatic rings. The number of hydrogen-bond acceptors (Lipinski definition) is 4. The Labute approximate surface area is 78.9 Å². The molecule has 5 heteroatoms. The Morgan fingerprint density at radius 2 is 2.31 bits per heavy atom. The highest BCUT2D eigenvalue weighted by Crippen LogP contribution is 2.27. The van der Waals surface area contributed by atoms with Gasteiger partial charge in [-0.1, -0.05) is 12.7 Å². The smallest absolute Gasteiger partial charge is 0.137 e. The summed E-state index contributed by atoms with van der Waals surface area (Å²) in [4.78, 5) is 0. The summed E-state index contributed by atoms with van der Waals surface area (Å²) in [5.74, 6) is -0.183. The first-order chi connectivity index (χ1) is 5.99. The van der Waals surface area contributed by atoms with Gasteiger partial charge in [-0.15, -0.1) is 0 Å². The molecule has 1 heterocycles. The summed E-state index contributed by atoms with van der Waals surface area (Å²) in [5.41, 5.74) is -1.52. The van der Waals surface area contributed by atoms with Gasteiger partial charge in [0.05, 0.1) is 33.3 Å². The second kappa shape index (κ2) is 3.96. The van der Waals surface area contributed by atoms with Crippen LogP contribution in [-0.2, 0) is 4.74 Å². The van der Waals surface area contributed by atoms with E-state index in [0.29, 0.717) is 0 Å². The molecular weight excluding hydrogens is 171 g/mol. The zero-order valence-electron chi connectivity index (χ0n) is 7.68. The van der Waals surface area contributed by atoms with E-state index >= 15 is 0 Å². The van der Waals surface area contributed by atoms with Gasteiger partial charge >= 0.3 is 0 Å². The highest BCUT2D eigenvalue weighted by molar-refractivity contribution is 6.11. The first kappa shape index (κ1) is 11.0. The molecular formula is C8H15BO4. The molecule has 3 N–H and O–H groups in total. The minimum atomic E-state index is -1.52. The van der Waals surface area contributed by atoms with Crippen molar-refractivity contribution in [2.24, 2.45) is 0 Å². The lowest BCUT2D eigenvalue weighted by atomic mass is 9.78. The number of aliphatic hydroxyl groups excluding tert-OH is 2. The molecule has 4 nitrogen and oxygen atoms in total. The van der Waals surface area contributed by atoms with E-state index in [4.69, 9.17) is 17.7 Å². The molecule has 1 aliphatic heterocycles. The minimum absolute atomic E-state index is 0.0725. The highest BCUT2D eigenvalue weighted by atomic mass is 16.5. The molecule has 0 aliphatic carbocycles. The van der Waals surface area contributed by atoms with Gasteiger partial charge in [0, 0.05) is 6.42 Å². The minimum Gasteiger partial charge on any atom is -0.393 e. The molecule has 0 aromatic carbocycles. The molecule has 13 heavy (non-hydrogen) atoms. The average molecular weight is 186 g/mol. The van der Waals surface area contributed by atoms with E-state index in [1.54, 1.807) is 6.92 Å². The molecule has 3 unspecified atom stereocenters. The van der Waals surface area contributed by atoms with Gasteiger partial charge < -0.3 is 20.1 Å². The zero-order chi connectivity index (χ0) is 10.1. The summed E-state index contributed by atoms with van der Waals surface area (Å²) >= 11 is 0. The van der Waals surface area contributed by atoms with Crippen LogP contribution < -0.4 is 0 Å². The highest BCUT2D eigenvalue weighted by Gasteiger charge is 2.42. The fourth-order valence-corrected chi connectivity index (χ4v) is 1.37. The summed E-state index contributed by atoms with van der Waals surface area (Å²) < 4.78 is 5.22. The lowest BCUT2D eigenvalue weighted by Crippen LogP contribution is -2.55. The summed E-state index contributed by atoms with van der Waals surface area (Å²) in [6.45, 7) is 1.21. The van der Waals surface area contributed by atoms with E-state index in [1.165, 1.54) is 0 Å². The molecule has 1 rings (SSSR count). The van der Waals surface area contributed by atoms with Crippen LogP contribution in [0.5, 0.6) is 0 Å². The van der Waals surface area contributed by atoms with Gasteiger partial charge in [-0.3, -0.25) is 0 Å². The second-order valence-corrected chi connectivity index (χ2v) is 3.72. The molecule has 0 amide bonds. The van der Waals surface area contributed by atoms with Crippen molar-refractivity contribution in [2.75, 3.05) is 13.2 Å². The summed E-state index contributed by atoms with van der Waals surface area (Å²) in [7, 11) is 5.58. The predicted octanol–water partition coefficient (Wildman–Crippen LogP) is -1.16. The summed E-state index contributed by atoms with van der Waals surface area (Å²) in [6.07, 6.45) is -0.960. The third-order valence-corrected chi connectivity index (χ3v) is 2.48. The molecule has 0 saturated carbocycles. The van der Waals surface area contributed by atoms with Crippen LogP contribution in [0.15, 0.2) is 0 Å². The Kier molecular flexibility index (Phi) is 3.35. The topological polar surface area (TPSA) is 69.9 Å². The maximum Gasteiger partial charge on any atom is 0.137 e. The SMILES string of the molecule is [B]C(C)C1CC(O)[C@](O)(CO)CO1. The van der Waals surface area contributed by atoms with Crippen LogP contribution in [0.25, 0.3) is 0 Å². The largest absolute Gasteiger partial charge is 0.393 e. The fraction of sp³-hybridized carbons (Fsp3) is 1.00. The molecule has 0 spiro atoms. The third-order valence-electron chi connectivity index (χ3n) is 2.48. The van der Waals surface area contributed by atoms with E-state index < -0.39 is 18.3 Å². The van der Waals surface area contributed by atoms with E-state index in [9.17, 15) is 10.2 Å². The quantitative estimate of drug-likeness (QED) is 0.475. The van der Waals surface area contributed by atoms with Gasteiger partial charge in [-0.2, -0.15) is 0 Å². The van der Waals surface area contributed by atoms with Crippen LogP contribution in [0, 0.1) is 0 Å². The van der Waals surface area contributed by atoms with Crippen molar-refractivity contribution in [3.05, 3.63) is 0 Å². The number of aliphatic hydroxyl groups is 3. The van der Waals surface area contributed by atoms with Crippen LogP contribution in [0.3, 0.4) is 0 Å². The molecule has 2 radical (unpaired) electrons. The van der Waals surface area contributed by atoms with Gasteiger partial charge in [0.2, 0.25) is 0 Å². The van der Waals surface area contributed by atoms with Crippen molar-refractivity contribution in [1.29, 1.82) is 0 Å². The molecule has 0 aromatic heterocycles. The second-order valence-electron chi connectivity index (χ2n) is 3.72. The molecule has 0 bridgehead atoms. The Morgan fingerprint density at radius 3 is 2.69 bits per heavy atom. The van der Waals surface area contributed by atoms with Gasteiger partial charge in [-0.25, -0.2) is 0 Å². The van der Waals surface area contributed by atoms with Crippen LogP contribution >= 0.6 is 0 Å². The van der Waals surface area contributed by atoms with E-state index in [1.807, 2.05) is 0 Å². The summed E-state index contributed by atoms with van der Waals surface area (Å²) in [6, 6.07) is 0. The molecule has 74 valence electrons. The monoisotopic (exact) mass is 186 g/mol. The predicted molar refractivity (Wildman–Crippen MR) is 47.6 cm³/mol. The number of ether oxygens (including phenoxy) is 1. The standard InChI is InChI=1S/C8H15BO4/c1-5(9)6-2-7(11)8(12,3-10)4-13-6/h5-7,10-12H,2-4H2,1H3/t5?,6?,7?,8-/m0/s1. The lowest BCUT2D eigenvalue weighted by Gasteiger charge is -2.40. The van der Waals surface area contributed by atoms with Crippen LogP contribution in [0.1, 0.15) is 13.3 Å². The molecule has 4 atom stereocenters. The van der Waals surface area contributed by atoms with E-state index in [0.717, 1.165) is 0 Å². The Bertz CT molecular complexity index is 176. The third kappa shape index (κ3) is 2.23. The van der Waals surface area contributed by atoms with Crippen LogP contribution in [0.4, 0.5) is 0 Å². The maximum atomic E-state index is 9.58. The molecule has 1 saturated heterocycles. The maximum absolute atomic E-state index is 9.58. The molecule has 1 fully saturated rings. The van der Waals surface area contributed by atoms with E-state index in [-0.39, 0.29) is 24.9 Å². The van der Waals surface area contributed by atoms with Gasteiger partial charge in [0.25, 0.3) is 0 Å². The van der Waals surface area contributed by atoms with E-state index in [2.05, 4.69) is 0 Å². The Morgan fingerprint density at radius 1 is 1.69 bits per heavy atom. The van der Waals surface area contributed by atoms with Crippen LogP contribution in [-0.4, -0.2) is 54.2 Å². The van der Waals surface area contributed by atoms with Gasteiger partial charge in [-0.05, 0) is 0 Å². The zero-order valence-corrected chi connectivity index (χ0v) is 7.68. The summed E-state index contributed by atoms with van der Waals surface area (Å²) in [5, 5.41) is 27.9. The van der Waals surface area contributed by atoms with Gasteiger partial charge in [0.1, 0.15) is 5.60 Å². The van der Waals surface area contributed by atoms with Crippen molar-refractivity contribution in [3.8, 4) is 0 Å². The van der Waals surface area contributed by atoms with Crippen LogP contribution in [0.2, 0.25) is 5.82 Å². The van der Waals surface area contributed by atoms with Crippen molar-refractivity contribution in [3.63, 3.8) is 0 Å². The number of rotatable bonds is 2. The van der Waals surface area contributed by atoms with Crippen molar-refractivity contribution >= 4 is 7.85 Å². The fourth-order valence-electron chi connectivity index (χ4n) is 1.37. The van der Waals surface area contributed by atoms with Crippen molar-refractivity contribution < 1.29 is 20.1 Å². The van der Waals surface area contributed by atoms with Crippen molar-refractivity contribution in [1.82, 2.24) is 0 Å². The molecule has 1 aliphatic rings. The first-order valence-electron chi connectivity index (χ1n) is 4.38. The lowest BCUT2D eigenvalue weighted by molar-refractivity contribution is -0.198. The Hall–Kier alpha value is -0.0951. The first-order valence-corrected chi connectivity index (χ1v) is 4.38. The van der Waals surface area contributed by atoms with Crippen molar-refractivity contribution in [2.45, 2.75) is 37.0 Å². The van der Waals surface area contributed by atoms with Gasteiger partial charge in [0.15, 0.2) is 0 Å². The number of hydrogen-bond donors (Lipinski definition) is 3. The normalized spacial score (nSPS) is 43.1. The average Bonchev–Trinajstić information content (AvgIpc) is 2.09.